The number of aromatic amines is 1. The van der Waals surface area contributed by atoms with E-state index in [0.717, 1.165) is 10.9 Å². The highest BCUT2D eigenvalue weighted by Crippen LogP contribution is 2.44. The van der Waals surface area contributed by atoms with Crippen LogP contribution in [0.4, 0.5) is 4.79 Å². The van der Waals surface area contributed by atoms with Gasteiger partial charge < -0.3 is 39.1 Å². The monoisotopic (exact) mass is 615 g/mol. The van der Waals surface area contributed by atoms with Crippen LogP contribution in [0.3, 0.4) is 0 Å². The van der Waals surface area contributed by atoms with Crippen molar-refractivity contribution in [2.24, 2.45) is 0 Å². The maximum absolute atomic E-state index is 13.4. The van der Waals surface area contributed by atoms with Gasteiger partial charge in [0, 0.05) is 65.2 Å². The van der Waals surface area contributed by atoms with Crippen LogP contribution < -0.4 is 24.8 Å². The van der Waals surface area contributed by atoms with Gasteiger partial charge in [0.15, 0.2) is 29.3 Å². The van der Waals surface area contributed by atoms with Crippen LogP contribution in [0.2, 0.25) is 0 Å². The summed E-state index contributed by atoms with van der Waals surface area (Å²) in [6, 6.07) is 10.5. The molecule has 13 nitrogen and oxygen atoms in total. The van der Waals surface area contributed by atoms with Crippen LogP contribution in [0.5, 0.6) is 17.2 Å². The Morgan fingerprint density at radius 1 is 1.07 bits per heavy atom. The van der Waals surface area contributed by atoms with E-state index in [1.54, 1.807) is 18.3 Å². The van der Waals surface area contributed by atoms with E-state index in [4.69, 9.17) is 18.9 Å². The highest BCUT2D eigenvalue weighted by Gasteiger charge is 2.35. The number of methoxy groups -OCH3 is 3. The topological polar surface area (TPSA) is 163 Å². The number of H-pyrrole nitrogens is 1. The van der Waals surface area contributed by atoms with Crippen LogP contribution >= 0.6 is 0 Å². The van der Waals surface area contributed by atoms with Crippen molar-refractivity contribution in [3.8, 4) is 17.2 Å². The molecule has 1 unspecified atom stereocenters. The van der Waals surface area contributed by atoms with Gasteiger partial charge in [-0.2, -0.15) is 0 Å². The SMILES string of the molecule is COc1cc(C2=C(c3cn(CCCNC(=O)NC(Cc4cnc[nH]4)OC=O)c4ccccc34)C(=O)CC2=O)cc(OC)c1OC. The third kappa shape index (κ3) is 6.51. The molecule has 0 fully saturated rings. The van der Waals surface area contributed by atoms with Crippen LogP contribution in [0.25, 0.3) is 22.0 Å². The third-order valence-electron chi connectivity index (χ3n) is 7.47. The first-order valence-electron chi connectivity index (χ1n) is 14.2. The van der Waals surface area contributed by atoms with E-state index >= 15 is 0 Å². The van der Waals surface area contributed by atoms with Crippen LogP contribution in [0.1, 0.15) is 29.7 Å². The number of amides is 2. The van der Waals surface area contributed by atoms with Crippen LogP contribution in [-0.4, -0.2) is 72.7 Å². The maximum atomic E-state index is 13.4. The number of carbonyl (C=O) groups excluding carboxylic acids is 4. The zero-order valence-electron chi connectivity index (χ0n) is 25.0. The van der Waals surface area contributed by atoms with Gasteiger partial charge in [0.2, 0.25) is 5.75 Å². The fraction of sp³-hybridized carbons (Fsp3) is 0.281. The highest BCUT2D eigenvalue weighted by atomic mass is 16.5. The molecule has 4 aromatic rings. The number of para-hydroxylation sites is 1. The quantitative estimate of drug-likeness (QED) is 0.0836. The van der Waals surface area contributed by atoms with Gasteiger partial charge in [-0.1, -0.05) is 18.2 Å². The zero-order chi connectivity index (χ0) is 31.9. The summed E-state index contributed by atoms with van der Waals surface area (Å²) < 4.78 is 23.4. The Kier molecular flexibility index (Phi) is 9.46. The average molecular weight is 616 g/mol. The number of aryl methyl sites for hydroxylation is 1. The number of rotatable bonds is 14. The van der Waals surface area contributed by atoms with E-state index < -0.39 is 12.3 Å². The first-order chi connectivity index (χ1) is 21.9. The number of aromatic nitrogens is 3. The summed E-state index contributed by atoms with van der Waals surface area (Å²) >= 11 is 0. The Hall–Kier alpha value is -5.59. The van der Waals surface area contributed by atoms with Gasteiger partial charge in [-0.15, -0.1) is 0 Å². The minimum absolute atomic E-state index is 0.236. The molecule has 2 amide bonds. The second-order valence-electron chi connectivity index (χ2n) is 10.2. The van der Waals surface area contributed by atoms with Crippen LogP contribution in [0.15, 0.2) is 55.1 Å². The lowest BCUT2D eigenvalue weighted by Crippen LogP contribution is -2.44. The molecular weight excluding hydrogens is 582 g/mol. The smallest absolute Gasteiger partial charge is 0.317 e. The molecule has 2 heterocycles. The number of carbonyl (C=O) groups is 4. The molecule has 13 heteroatoms. The van der Waals surface area contributed by atoms with E-state index in [2.05, 4.69) is 20.6 Å². The molecule has 0 bridgehead atoms. The molecule has 0 aliphatic heterocycles. The van der Waals surface area contributed by atoms with E-state index in [0.29, 0.717) is 64.7 Å². The number of benzene rings is 2. The molecule has 3 N–H and O–H groups in total. The Balaban J connectivity index is 1.37. The Morgan fingerprint density at radius 2 is 1.80 bits per heavy atom. The number of fused-ring (bicyclic) bond motifs is 1. The summed E-state index contributed by atoms with van der Waals surface area (Å²) in [4.78, 5) is 56.8. The van der Waals surface area contributed by atoms with E-state index in [-0.39, 0.29) is 30.9 Å². The zero-order valence-corrected chi connectivity index (χ0v) is 25.0. The van der Waals surface area contributed by atoms with Crippen LogP contribution in [-0.2, 0) is 32.1 Å². The molecule has 0 saturated heterocycles. The van der Waals surface area contributed by atoms with Gasteiger partial charge in [0.25, 0.3) is 6.47 Å². The predicted molar refractivity (Wildman–Crippen MR) is 164 cm³/mol. The Morgan fingerprint density at radius 3 is 2.47 bits per heavy atom. The molecule has 1 aliphatic rings. The summed E-state index contributed by atoms with van der Waals surface area (Å²) in [5.41, 5.74) is 3.33. The fourth-order valence-electron chi connectivity index (χ4n) is 5.49. The Labute approximate surface area is 258 Å². The first kappa shape index (κ1) is 30.9. The minimum Gasteiger partial charge on any atom is -0.493 e. The highest BCUT2D eigenvalue weighted by molar-refractivity contribution is 6.51. The number of nitrogens with one attached hydrogen (secondary N) is 3. The molecule has 2 aromatic heterocycles. The lowest BCUT2D eigenvalue weighted by Gasteiger charge is -2.16. The van der Waals surface area contributed by atoms with Crippen molar-refractivity contribution in [1.29, 1.82) is 0 Å². The molecule has 45 heavy (non-hydrogen) atoms. The van der Waals surface area contributed by atoms with E-state index in [1.165, 1.54) is 27.7 Å². The lowest BCUT2D eigenvalue weighted by molar-refractivity contribution is -0.134. The maximum Gasteiger partial charge on any atom is 0.317 e. The van der Waals surface area contributed by atoms with Crippen molar-refractivity contribution in [3.05, 3.63) is 71.9 Å². The second-order valence-corrected chi connectivity index (χ2v) is 10.2. The molecule has 5 rings (SSSR count). The van der Waals surface area contributed by atoms with Crippen LogP contribution in [0, 0.1) is 0 Å². The number of nitrogens with zero attached hydrogens (tertiary/aromatic N) is 2. The molecule has 0 radical (unpaired) electrons. The van der Waals surface area contributed by atoms with Gasteiger partial charge in [-0.3, -0.25) is 14.4 Å². The average Bonchev–Trinajstić information content (AvgIpc) is 3.76. The predicted octanol–water partition coefficient (Wildman–Crippen LogP) is 3.27. The number of urea groups is 1. The van der Waals surface area contributed by atoms with Crippen molar-refractivity contribution in [2.45, 2.75) is 32.0 Å². The number of ether oxygens (including phenoxy) is 4. The normalized spacial score (nSPS) is 13.6. The molecule has 1 atom stereocenters. The lowest BCUT2D eigenvalue weighted by atomic mass is 9.95. The van der Waals surface area contributed by atoms with Crippen molar-refractivity contribution < 1.29 is 38.1 Å². The summed E-state index contributed by atoms with van der Waals surface area (Å²) in [6.45, 7) is 1.11. The van der Waals surface area contributed by atoms with E-state index in [1.807, 2.05) is 35.0 Å². The van der Waals surface area contributed by atoms with Gasteiger partial charge >= 0.3 is 6.03 Å². The summed E-state index contributed by atoms with van der Waals surface area (Å²) in [5, 5.41) is 6.21. The number of hydrogen-bond acceptors (Lipinski definition) is 9. The molecule has 2 aromatic carbocycles. The van der Waals surface area contributed by atoms with Gasteiger partial charge in [0.1, 0.15) is 0 Å². The molecule has 234 valence electrons. The largest absolute Gasteiger partial charge is 0.493 e. The molecule has 0 saturated carbocycles. The third-order valence-corrected chi connectivity index (χ3v) is 7.47. The van der Waals surface area contributed by atoms with Crippen molar-refractivity contribution in [3.63, 3.8) is 0 Å². The summed E-state index contributed by atoms with van der Waals surface area (Å²) in [7, 11) is 4.47. The van der Waals surface area contributed by atoms with Gasteiger partial charge in [-0.25, -0.2) is 9.78 Å². The molecular formula is C32H33N5O8. The second kappa shape index (κ2) is 13.8. The number of hydrogen-bond donors (Lipinski definition) is 3. The van der Waals surface area contributed by atoms with Gasteiger partial charge in [0.05, 0.1) is 34.1 Å². The van der Waals surface area contributed by atoms with Crippen molar-refractivity contribution >= 4 is 46.1 Å². The number of Topliss-reactive ketones (excluding diaryl/α,β-unsaturated/α-hetero) is 2. The minimum atomic E-state index is -0.862. The summed E-state index contributed by atoms with van der Waals surface area (Å²) in [5.74, 6) is 0.560. The Bertz CT molecular complexity index is 1730. The van der Waals surface area contributed by atoms with E-state index in [9.17, 15) is 19.2 Å². The number of ketones is 2. The number of imidazole rings is 1. The standard InChI is InChI=1S/C32H33N5O8/c1-42-26-11-19(12-27(43-2)31(26)44-3)29-24(39)14-25(40)30(29)22-16-37(23-8-5-4-7-21(22)23)10-6-9-34-32(41)36-28(45-18-38)13-20-15-33-17-35-20/h4-5,7-8,11-12,15-18,28H,6,9-10,13-14H2,1-3H3,(H,33,35)(H2,34,36,41). The number of allylic oxidation sites excluding steroid dienone is 2. The summed E-state index contributed by atoms with van der Waals surface area (Å²) in [6.07, 6.45) is 4.63. The first-order valence-corrected chi connectivity index (χ1v) is 14.2. The molecule has 0 spiro atoms. The van der Waals surface area contributed by atoms with Crippen molar-refractivity contribution in [2.75, 3.05) is 27.9 Å². The molecule has 1 aliphatic carbocycles. The van der Waals surface area contributed by atoms with Crippen molar-refractivity contribution in [1.82, 2.24) is 25.2 Å². The van der Waals surface area contributed by atoms with Gasteiger partial charge in [-0.05, 0) is 30.2 Å². The fourth-order valence-corrected chi connectivity index (χ4v) is 5.49.